The van der Waals surface area contributed by atoms with Crippen molar-refractivity contribution in [1.82, 2.24) is 5.32 Å². The van der Waals surface area contributed by atoms with Gasteiger partial charge in [-0.05, 0) is 18.4 Å². The van der Waals surface area contributed by atoms with Crippen molar-refractivity contribution in [3.8, 4) is 0 Å². The topological polar surface area (TPSA) is 29.1 Å². The molecule has 1 N–H and O–H groups in total. The zero-order chi connectivity index (χ0) is 8.27. The molecular weight excluding hydrogens is 152 g/mol. The van der Waals surface area contributed by atoms with Crippen molar-refractivity contribution < 1.29 is 13.6 Å². The van der Waals surface area contributed by atoms with Crippen molar-refractivity contribution in [1.29, 1.82) is 0 Å². The smallest absolute Gasteiger partial charge is 0.266 e. The third-order valence-electron chi connectivity index (χ3n) is 1.72. The average molecular weight is 161 g/mol. The van der Waals surface area contributed by atoms with Crippen LogP contribution in [-0.4, -0.2) is 18.9 Å². The lowest BCUT2D eigenvalue weighted by molar-refractivity contribution is -0.109. The van der Waals surface area contributed by atoms with Gasteiger partial charge in [0.15, 0.2) is 0 Å². The molecule has 1 aliphatic heterocycles. The van der Waals surface area contributed by atoms with Crippen LogP contribution in [0.25, 0.3) is 0 Å². The Morgan fingerprint density at radius 3 is 2.73 bits per heavy atom. The van der Waals surface area contributed by atoms with Crippen LogP contribution in [0.15, 0.2) is 12.2 Å². The zero-order valence-corrected chi connectivity index (χ0v) is 5.89. The molecule has 0 aromatic heterocycles. The van der Waals surface area contributed by atoms with Gasteiger partial charge in [0.1, 0.15) is 6.29 Å². The third-order valence-corrected chi connectivity index (χ3v) is 1.72. The van der Waals surface area contributed by atoms with Crippen LogP contribution in [0.1, 0.15) is 6.42 Å². The first-order chi connectivity index (χ1) is 5.22. The van der Waals surface area contributed by atoms with Gasteiger partial charge in [0.2, 0.25) is 0 Å². The minimum Gasteiger partial charge on any atom is -0.307 e. The number of carbonyl (C=O) groups excluding carboxylic acids is 1. The van der Waals surface area contributed by atoms with Gasteiger partial charge in [-0.25, -0.2) is 0 Å². The summed E-state index contributed by atoms with van der Waals surface area (Å²) in [5.74, 6) is -0.185. The van der Waals surface area contributed by atoms with Crippen molar-refractivity contribution in [2.24, 2.45) is 5.92 Å². The molecule has 62 valence electrons. The summed E-state index contributed by atoms with van der Waals surface area (Å²) in [6.45, 7) is 0.473. The molecule has 0 aromatic rings. The van der Waals surface area contributed by atoms with Gasteiger partial charge in [0.25, 0.3) is 6.08 Å². The van der Waals surface area contributed by atoms with E-state index in [-0.39, 0.29) is 12.0 Å². The zero-order valence-electron chi connectivity index (χ0n) is 5.89. The van der Waals surface area contributed by atoms with Crippen LogP contribution < -0.4 is 5.32 Å². The fraction of sp³-hybridized carbons (Fsp3) is 0.571. The molecule has 1 aliphatic rings. The summed E-state index contributed by atoms with van der Waals surface area (Å²) in [4.78, 5) is 10.2. The first-order valence-corrected chi connectivity index (χ1v) is 3.44. The lowest BCUT2D eigenvalue weighted by Gasteiger charge is -1.97. The maximum absolute atomic E-state index is 11.7. The summed E-state index contributed by atoms with van der Waals surface area (Å²) in [5, 5.41) is 2.82. The Morgan fingerprint density at radius 2 is 2.27 bits per heavy atom. The minimum absolute atomic E-state index is 0.185. The molecule has 2 atom stereocenters. The molecule has 2 nitrogen and oxygen atoms in total. The number of nitrogens with one attached hydrogen (secondary N) is 1. The van der Waals surface area contributed by atoms with Crippen LogP contribution in [-0.2, 0) is 4.79 Å². The molecule has 0 radical (unpaired) electrons. The van der Waals surface area contributed by atoms with Crippen molar-refractivity contribution in [2.45, 2.75) is 12.5 Å². The molecular formula is C7H9F2NO. The summed E-state index contributed by atoms with van der Waals surface area (Å²) >= 11 is 0. The number of aldehydes is 1. The molecule has 0 amide bonds. The molecule has 0 bridgehead atoms. The van der Waals surface area contributed by atoms with E-state index in [0.717, 1.165) is 12.4 Å². The molecule has 1 saturated heterocycles. The predicted octanol–water partition coefficient (Wildman–Crippen LogP) is 0.944. The van der Waals surface area contributed by atoms with Crippen LogP contribution in [0.2, 0.25) is 0 Å². The molecule has 4 heteroatoms. The highest BCUT2D eigenvalue weighted by atomic mass is 19.3. The van der Waals surface area contributed by atoms with E-state index in [2.05, 4.69) is 5.32 Å². The van der Waals surface area contributed by atoms with Crippen LogP contribution in [0, 0.1) is 5.92 Å². The molecule has 0 aliphatic carbocycles. The largest absolute Gasteiger partial charge is 0.307 e. The van der Waals surface area contributed by atoms with E-state index >= 15 is 0 Å². The molecule has 0 saturated carbocycles. The Morgan fingerprint density at radius 1 is 1.55 bits per heavy atom. The van der Waals surface area contributed by atoms with Gasteiger partial charge in [-0.1, -0.05) is 0 Å². The summed E-state index contributed by atoms with van der Waals surface area (Å²) in [7, 11) is 0. The molecule has 1 fully saturated rings. The average Bonchev–Trinajstić information content (AvgIpc) is 2.34. The highest BCUT2D eigenvalue weighted by molar-refractivity contribution is 5.58. The van der Waals surface area contributed by atoms with Crippen molar-refractivity contribution in [3.63, 3.8) is 0 Å². The summed E-state index contributed by atoms with van der Waals surface area (Å²) in [6, 6.07) is -0.240. The number of hydrogen-bond acceptors (Lipinski definition) is 2. The summed E-state index contributed by atoms with van der Waals surface area (Å²) in [5.41, 5.74) is 0. The second kappa shape index (κ2) is 3.57. The van der Waals surface area contributed by atoms with E-state index in [1.54, 1.807) is 0 Å². The standard InChI is InChI=1S/C7H9F2NO/c8-7(9)2-5-1-6(4-11)10-3-5/h2,4-6,10H,1,3H2/t5-,6?/m1/s1. The van der Waals surface area contributed by atoms with E-state index < -0.39 is 6.08 Å². The van der Waals surface area contributed by atoms with E-state index in [1.807, 2.05) is 0 Å². The number of halogens is 2. The van der Waals surface area contributed by atoms with Crippen LogP contribution in [0.5, 0.6) is 0 Å². The van der Waals surface area contributed by atoms with Crippen molar-refractivity contribution in [3.05, 3.63) is 12.2 Å². The van der Waals surface area contributed by atoms with Crippen LogP contribution in [0.3, 0.4) is 0 Å². The first kappa shape index (κ1) is 8.33. The first-order valence-electron chi connectivity index (χ1n) is 3.44. The van der Waals surface area contributed by atoms with Gasteiger partial charge in [-0.2, -0.15) is 8.78 Å². The van der Waals surface area contributed by atoms with Gasteiger partial charge >= 0.3 is 0 Å². The predicted molar refractivity (Wildman–Crippen MR) is 36.3 cm³/mol. The Kier molecular flexibility index (Phi) is 2.70. The maximum Gasteiger partial charge on any atom is 0.266 e. The Hall–Kier alpha value is -0.770. The quantitative estimate of drug-likeness (QED) is 0.611. The van der Waals surface area contributed by atoms with Crippen LogP contribution in [0.4, 0.5) is 8.78 Å². The second-order valence-electron chi connectivity index (χ2n) is 2.60. The normalized spacial score (nSPS) is 30.0. The van der Waals surface area contributed by atoms with E-state index in [4.69, 9.17) is 0 Å². The molecule has 1 heterocycles. The Bertz CT molecular complexity index is 177. The van der Waals surface area contributed by atoms with E-state index in [9.17, 15) is 13.6 Å². The third kappa shape index (κ3) is 2.38. The molecule has 1 unspecified atom stereocenters. The monoisotopic (exact) mass is 161 g/mol. The number of hydrogen-bond donors (Lipinski definition) is 1. The molecule has 0 aromatic carbocycles. The Labute approximate surface area is 63.3 Å². The number of rotatable bonds is 2. The van der Waals surface area contributed by atoms with Gasteiger partial charge in [-0.3, -0.25) is 0 Å². The highest BCUT2D eigenvalue weighted by Gasteiger charge is 2.22. The van der Waals surface area contributed by atoms with Crippen molar-refractivity contribution >= 4 is 6.29 Å². The Balaban J connectivity index is 2.41. The van der Waals surface area contributed by atoms with Gasteiger partial charge in [-0.15, -0.1) is 0 Å². The SMILES string of the molecule is O=CC1C[C@H](C=C(F)F)CN1. The lowest BCUT2D eigenvalue weighted by Crippen LogP contribution is -2.22. The fourth-order valence-electron chi connectivity index (χ4n) is 1.20. The van der Waals surface area contributed by atoms with Crippen LogP contribution >= 0.6 is 0 Å². The second-order valence-corrected chi connectivity index (χ2v) is 2.60. The summed E-state index contributed by atoms with van der Waals surface area (Å²) in [6.07, 6.45) is 0.477. The van der Waals surface area contributed by atoms with E-state index in [1.165, 1.54) is 0 Å². The molecule has 0 spiro atoms. The lowest BCUT2D eigenvalue weighted by atomic mass is 10.1. The molecule has 1 rings (SSSR count). The fourth-order valence-corrected chi connectivity index (χ4v) is 1.20. The van der Waals surface area contributed by atoms with Gasteiger partial charge in [0.05, 0.1) is 6.04 Å². The maximum atomic E-state index is 11.7. The summed E-state index contributed by atoms with van der Waals surface area (Å²) < 4.78 is 23.3. The van der Waals surface area contributed by atoms with E-state index in [0.29, 0.717) is 13.0 Å². The minimum atomic E-state index is -1.66. The van der Waals surface area contributed by atoms with Gasteiger partial charge < -0.3 is 10.1 Å². The molecule has 11 heavy (non-hydrogen) atoms. The van der Waals surface area contributed by atoms with Crippen molar-refractivity contribution in [2.75, 3.05) is 6.54 Å². The highest BCUT2D eigenvalue weighted by Crippen LogP contribution is 2.16. The van der Waals surface area contributed by atoms with Gasteiger partial charge in [0, 0.05) is 6.54 Å². The number of carbonyl (C=O) groups is 1.